The van der Waals surface area contributed by atoms with Crippen LogP contribution in [0.5, 0.6) is 5.75 Å². The zero-order chi connectivity index (χ0) is 19.6. The Morgan fingerprint density at radius 2 is 1.67 bits per heavy atom. The average Bonchev–Trinajstić information content (AvgIpc) is 2.63. The smallest absolute Gasteiger partial charge is 0.422 e. The lowest BCUT2D eigenvalue weighted by molar-refractivity contribution is -0.220. The van der Waals surface area contributed by atoms with Crippen molar-refractivity contribution in [2.45, 2.75) is 52.0 Å². The molecule has 0 radical (unpaired) electrons. The van der Waals surface area contributed by atoms with Gasteiger partial charge in [-0.25, -0.2) is 4.39 Å². The summed E-state index contributed by atoms with van der Waals surface area (Å²) in [5, 5.41) is 0. The van der Waals surface area contributed by atoms with Gasteiger partial charge in [0.2, 0.25) is 0 Å². The van der Waals surface area contributed by atoms with Crippen molar-refractivity contribution in [2.75, 3.05) is 19.8 Å². The molecule has 2 aliphatic rings. The molecule has 0 N–H and O–H groups in total. The summed E-state index contributed by atoms with van der Waals surface area (Å²) in [7, 11) is 0. The number of benzene rings is 1. The van der Waals surface area contributed by atoms with Crippen molar-refractivity contribution in [2.24, 2.45) is 17.8 Å². The van der Waals surface area contributed by atoms with Crippen LogP contribution in [0.4, 0.5) is 17.6 Å². The van der Waals surface area contributed by atoms with Gasteiger partial charge in [-0.05, 0) is 43.2 Å². The van der Waals surface area contributed by atoms with Gasteiger partial charge in [-0.2, -0.15) is 13.2 Å². The summed E-state index contributed by atoms with van der Waals surface area (Å²) in [5.41, 5.74) is -1.46. The number of halogens is 4. The van der Waals surface area contributed by atoms with E-state index in [-0.39, 0.29) is 12.2 Å². The fourth-order valence-electron chi connectivity index (χ4n) is 3.89. The molecule has 0 atom stereocenters. The van der Waals surface area contributed by atoms with E-state index in [1.807, 2.05) is 0 Å². The van der Waals surface area contributed by atoms with Crippen LogP contribution in [0.15, 0.2) is 12.1 Å². The van der Waals surface area contributed by atoms with Crippen LogP contribution in [0.1, 0.15) is 43.7 Å². The van der Waals surface area contributed by atoms with Crippen molar-refractivity contribution in [3.8, 4) is 5.75 Å². The van der Waals surface area contributed by atoms with Gasteiger partial charge in [0.05, 0.1) is 13.2 Å². The Morgan fingerprint density at radius 3 is 2.26 bits per heavy atom. The van der Waals surface area contributed by atoms with Crippen molar-refractivity contribution < 1.29 is 31.8 Å². The van der Waals surface area contributed by atoms with E-state index in [2.05, 4.69) is 6.92 Å². The molecule has 152 valence electrons. The zero-order valence-corrected chi connectivity index (χ0v) is 15.7. The Balaban J connectivity index is 1.54. The van der Waals surface area contributed by atoms with Crippen LogP contribution in [0, 0.1) is 30.5 Å². The summed E-state index contributed by atoms with van der Waals surface area (Å²) < 4.78 is 69.9. The molecular formula is C20H26F4O3. The first-order valence-corrected chi connectivity index (χ1v) is 9.48. The molecule has 0 aromatic heterocycles. The van der Waals surface area contributed by atoms with Crippen molar-refractivity contribution in [1.29, 1.82) is 0 Å². The van der Waals surface area contributed by atoms with Crippen LogP contribution in [0.2, 0.25) is 0 Å². The highest BCUT2D eigenvalue weighted by Crippen LogP contribution is 2.39. The topological polar surface area (TPSA) is 27.7 Å². The second-order valence-electron chi connectivity index (χ2n) is 7.75. The van der Waals surface area contributed by atoms with E-state index in [0.29, 0.717) is 25.0 Å². The number of ether oxygens (including phenoxy) is 3. The molecule has 2 fully saturated rings. The number of alkyl halides is 3. The third-order valence-electron chi connectivity index (χ3n) is 5.67. The molecule has 0 amide bonds. The van der Waals surface area contributed by atoms with Crippen molar-refractivity contribution >= 4 is 0 Å². The molecule has 3 rings (SSSR count). The van der Waals surface area contributed by atoms with Crippen LogP contribution in [0.3, 0.4) is 0 Å². The van der Waals surface area contributed by atoms with Crippen LogP contribution in [-0.4, -0.2) is 26.1 Å². The first-order chi connectivity index (χ1) is 12.8. The number of aryl methyl sites for hydroxylation is 1. The van der Waals surface area contributed by atoms with Gasteiger partial charge in [-0.15, -0.1) is 0 Å². The van der Waals surface area contributed by atoms with Crippen LogP contribution in [0.25, 0.3) is 0 Å². The van der Waals surface area contributed by atoms with Gasteiger partial charge in [0.15, 0.2) is 6.29 Å². The molecule has 1 saturated carbocycles. The highest BCUT2D eigenvalue weighted by Gasteiger charge is 2.39. The van der Waals surface area contributed by atoms with Gasteiger partial charge in [0, 0.05) is 5.92 Å². The molecule has 1 aromatic carbocycles. The Morgan fingerprint density at radius 1 is 1.04 bits per heavy atom. The summed E-state index contributed by atoms with van der Waals surface area (Å²) in [6, 6.07) is 2.40. The minimum atomic E-state index is -4.83. The minimum absolute atomic E-state index is 0.0792. The highest BCUT2D eigenvalue weighted by atomic mass is 19.4. The molecule has 0 unspecified atom stereocenters. The first-order valence-electron chi connectivity index (χ1n) is 9.48. The fraction of sp³-hybridized carbons (Fsp3) is 0.700. The van der Waals surface area contributed by atoms with E-state index in [4.69, 9.17) is 14.2 Å². The molecule has 1 aliphatic carbocycles. The Kier molecular flexibility index (Phi) is 6.31. The maximum absolute atomic E-state index is 13.9. The highest BCUT2D eigenvalue weighted by molar-refractivity contribution is 5.40. The first kappa shape index (κ1) is 20.4. The lowest BCUT2D eigenvalue weighted by Crippen LogP contribution is -2.39. The fourth-order valence-corrected chi connectivity index (χ4v) is 3.89. The molecule has 1 heterocycles. The molecule has 1 saturated heterocycles. The van der Waals surface area contributed by atoms with Crippen molar-refractivity contribution in [3.63, 3.8) is 0 Å². The van der Waals surface area contributed by atoms with E-state index in [1.54, 1.807) is 0 Å². The third-order valence-corrected chi connectivity index (χ3v) is 5.67. The number of hydrogen-bond acceptors (Lipinski definition) is 3. The molecule has 3 nitrogen and oxygen atoms in total. The van der Waals surface area contributed by atoms with Crippen LogP contribution in [-0.2, 0) is 15.7 Å². The van der Waals surface area contributed by atoms with E-state index in [0.717, 1.165) is 24.8 Å². The molecule has 0 spiro atoms. The van der Waals surface area contributed by atoms with E-state index >= 15 is 0 Å². The number of rotatable bonds is 4. The zero-order valence-electron chi connectivity index (χ0n) is 15.7. The monoisotopic (exact) mass is 390 g/mol. The van der Waals surface area contributed by atoms with Gasteiger partial charge in [0.1, 0.15) is 23.7 Å². The predicted octanol–water partition coefficient (Wildman–Crippen LogP) is 5.35. The quantitative estimate of drug-likeness (QED) is 0.649. The Bertz CT molecular complexity index is 631. The molecule has 0 bridgehead atoms. The summed E-state index contributed by atoms with van der Waals surface area (Å²) in [6.07, 6.45) is -0.814. The van der Waals surface area contributed by atoms with E-state index in [9.17, 15) is 17.6 Å². The summed E-state index contributed by atoms with van der Waals surface area (Å²) in [5.74, 6) is -0.189. The van der Waals surface area contributed by atoms with Gasteiger partial charge in [-0.3, -0.25) is 0 Å². The van der Waals surface area contributed by atoms with Crippen molar-refractivity contribution in [1.82, 2.24) is 0 Å². The van der Waals surface area contributed by atoms with Gasteiger partial charge < -0.3 is 14.2 Å². The summed E-state index contributed by atoms with van der Waals surface area (Å²) in [4.78, 5) is 0. The normalized spacial score (nSPS) is 29.6. The van der Waals surface area contributed by atoms with E-state index < -0.39 is 29.6 Å². The standard InChI is InChI=1S/C20H26F4O3/c1-12-3-6-14(7-4-12)15-9-26-17(27-10-15)11-25-16-8-5-13(2)19(21)18(16)20(22,23)24/h5,8,12,14-15,17H,3-4,6-7,9-11H2,1-2H3. The summed E-state index contributed by atoms with van der Waals surface area (Å²) in [6.45, 7) is 4.37. The van der Waals surface area contributed by atoms with Gasteiger partial charge in [0.25, 0.3) is 0 Å². The lowest BCUT2D eigenvalue weighted by atomic mass is 9.76. The Hall–Kier alpha value is -1.34. The molecule has 1 aliphatic heterocycles. The molecule has 1 aromatic rings. The Labute approximate surface area is 157 Å². The number of hydrogen-bond donors (Lipinski definition) is 0. The second kappa shape index (κ2) is 8.35. The summed E-state index contributed by atoms with van der Waals surface area (Å²) >= 11 is 0. The maximum Gasteiger partial charge on any atom is 0.422 e. The minimum Gasteiger partial charge on any atom is -0.488 e. The second-order valence-corrected chi connectivity index (χ2v) is 7.75. The van der Waals surface area contributed by atoms with Gasteiger partial charge in [-0.1, -0.05) is 25.8 Å². The molecule has 27 heavy (non-hydrogen) atoms. The van der Waals surface area contributed by atoms with Crippen LogP contribution < -0.4 is 4.74 Å². The van der Waals surface area contributed by atoms with Crippen LogP contribution >= 0.6 is 0 Å². The van der Waals surface area contributed by atoms with E-state index in [1.165, 1.54) is 25.8 Å². The van der Waals surface area contributed by atoms with Gasteiger partial charge >= 0.3 is 6.18 Å². The SMILES string of the molecule is Cc1ccc(OCC2OCC(C3CCC(C)CC3)CO2)c(C(F)(F)F)c1F. The molecular weight excluding hydrogens is 364 g/mol. The molecule has 7 heteroatoms. The largest absolute Gasteiger partial charge is 0.488 e. The average molecular weight is 390 g/mol. The van der Waals surface area contributed by atoms with Crippen molar-refractivity contribution in [3.05, 3.63) is 29.1 Å². The third kappa shape index (κ3) is 4.93. The maximum atomic E-state index is 13.9. The lowest BCUT2D eigenvalue weighted by Gasteiger charge is -2.37. The predicted molar refractivity (Wildman–Crippen MR) is 91.9 cm³/mol.